The van der Waals surface area contributed by atoms with Gasteiger partial charge in [-0.05, 0) is 13.0 Å². The van der Waals surface area contributed by atoms with Crippen molar-refractivity contribution in [2.75, 3.05) is 14.2 Å². The summed E-state index contributed by atoms with van der Waals surface area (Å²) in [7, 11) is 3.18. The van der Waals surface area contributed by atoms with E-state index in [1.54, 1.807) is 20.4 Å². The second-order valence-corrected chi connectivity index (χ2v) is 2.32. The molecule has 0 bridgehead atoms. The molecule has 0 amide bonds. The number of nitrogens with zero attached hydrogens (tertiary/aromatic N) is 1. The molecule has 1 aromatic heterocycles. The minimum Gasteiger partial charge on any atom is -0.348 e. The zero-order valence-electron chi connectivity index (χ0n) is 6.92. The average Bonchev–Trinajstić information content (AvgIpc) is 2.55. The van der Waals surface area contributed by atoms with E-state index in [2.05, 4.69) is 10.2 Å². The Morgan fingerprint density at radius 2 is 2.09 bits per heavy atom. The van der Waals surface area contributed by atoms with Gasteiger partial charge in [0.15, 0.2) is 0 Å². The van der Waals surface area contributed by atoms with Gasteiger partial charge in [0, 0.05) is 20.4 Å². The van der Waals surface area contributed by atoms with Crippen LogP contribution in [0.3, 0.4) is 0 Å². The molecule has 0 aliphatic carbocycles. The number of ether oxygens (including phenoxy) is 2. The molecule has 1 rings (SSSR count). The molecule has 0 atom stereocenters. The molecule has 11 heavy (non-hydrogen) atoms. The van der Waals surface area contributed by atoms with E-state index in [0.717, 1.165) is 5.69 Å². The van der Waals surface area contributed by atoms with Crippen LogP contribution in [-0.2, 0) is 15.3 Å². The molecule has 1 heterocycles. The summed E-state index contributed by atoms with van der Waals surface area (Å²) >= 11 is 0. The van der Waals surface area contributed by atoms with E-state index < -0.39 is 5.79 Å². The van der Waals surface area contributed by atoms with Crippen LogP contribution < -0.4 is 0 Å². The fraction of sp³-hybridized carbons (Fsp3) is 0.571. The first-order valence-corrected chi connectivity index (χ1v) is 3.33. The topological polar surface area (TPSA) is 47.1 Å². The van der Waals surface area contributed by atoms with Gasteiger partial charge in [-0.2, -0.15) is 5.10 Å². The van der Waals surface area contributed by atoms with E-state index in [0.29, 0.717) is 0 Å². The fourth-order valence-electron chi connectivity index (χ4n) is 0.812. The Balaban J connectivity index is 2.87. The third-order valence-electron chi connectivity index (χ3n) is 1.77. The van der Waals surface area contributed by atoms with Crippen LogP contribution in [0, 0.1) is 0 Å². The zero-order chi connectivity index (χ0) is 8.32. The number of aromatic nitrogens is 2. The molecule has 1 N–H and O–H groups in total. The molecule has 0 aromatic carbocycles. The van der Waals surface area contributed by atoms with E-state index >= 15 is 0 Å². The SMILES string of the molecule is COC(C)(OC)c1ccn[nH]1. The van der Waals surface area contributed by atoms with Crippen molar-refractivity contribution in [3.63, 3.8) is 0 Å². The van der Waals surface area contributed by atoms with Gasteiger partial charge in [0.2, 0.25) is 5.79 Å². The van der Waals surface area contributed by atoms with E-state index in [-0.39, 0.29) is 0 Å². The van der Waals surface area contributed by atoms with Gasteiger partial charge in [0.25, 0.3) is 0 Å². The largest absolute Gasteiger partial charge is 0.348 e. The summed E-state index contributed by atoms with van der Waals surface area (Å²) in [5.74, 6) is -0.712. The second kappa shape index (κ2) is 3.02. The van der Waals surface area contributed by atoms with Gasteiger partial charge in [0.1, 0.15) is 0 Å². The molecule has 0 saturated carbocycles. The minimum atomic E-state index is -0.712. The lowest BCUT2D eigenvalue weighted by Gasteiger charge is -2.24. The minimum absolute atomic E-state index is 0.712. The molecule has 0 aliphatic heterocycles. The van der Waals surface area contributed by atoms with Gasteiger partial charge in [-0.25, -0.2) is 0 Å². The molecule has 0 saturated heterocycles. The monoisotopic (exact) mass is 156 g/mol. The van der Waals surface area contributed by atoms with Crippen molar-refractivity contribution < 1.29 is 9.47 Å². The first kappa shape index (κ1) is 8.23. The molecule has 0 spiro atoms. The number of nitrogens with one attached hydrogen (secondary N) is 1. The van der Waals surface area contributed by atoms with Crippen molar-refractivity contribution >= 4 is 0 Å². The maximum atomic E-state index is 5.14. The molecule has 4 heteroatoms. The van der Waals surface area contributed by atoms with Gasteiger partial charge < -0.3 is 9.47 Å². The zero-order valence-corrected chi connectivity index (χ0v) is 6.92. The predicted octanol–water partition coefficient (Wildman–Crippen LogP) is 0.875. The summed E-state index contributed by atoms with van der Waals surface area (Å²) in [6, 6.07) is 1.81. The standard InChI is InChI=1S/C7H12N2O2/c1-7(10-2,11-3)6-4-5-8-9-6/h4-5H,1-3H3,(H,8,9). The Morgan fingerprint density at radius 3 is 2.45 bits per heavy atom. The summed E-state index contributed by atoms with van der Waals surface area (Å²) in [6.45, 7) is 1.82. The summed E-state index contributed by atoms with van der Waals surface area (Å²) in [5.41, 5.74) is 0.808. The quantitative estimate of drug-likeness (QED) is 0.661. The van der Waals surface area contributed by atoms with Gasteiger partial charge in [0.05, 0.1) is 5.69 Å². The number of methoxy groups -OCH3 is 2. The molecule has 0 aliphatic rings. The Bertz CT molecular complexity index is 204. The summed E-state index contributed by atoms with van der Waals surface area (Å²) in [4.78, 5) is 0. The highest BCUT2D eigenvalue weighted by Gasteiger charge is 2.26. The highest BCUT2D eigenvalue weighted by Crippen LogP contribution is 2.22. The summed E-state index contributed by atoms with van der Waals surface area (Å²) in [6.07, 6.45) is 1.66. The molecule has 0 fully saturated rings. The highest BCUT2D eigenvalue weighted by atomic mass is 16.7. The Kier molecular flexibility index (Phi) is 2.26. The molecule has 4 nitrogen and oxygen atoms in total. The lowest BCUT2D eigenvalue weighted by atomic mass is 10.2. The number of rotatable bonds is 3. The maximum Gasteiger partial charge on any atom is 0.208 e. The molecular formula is C7H12N2O2. The van der Waals surface area contributed by atoms with Crippen molar-refractivity contribution in [2.24, 2.45) is 0 Å². The van der Waals surface area contributed by atoms with Crippen molar-refractivity contribution in [3.8, 4) is 0 Å². The molecule has 1 aromatic rings. The van der Waals surface area contributed by atoms with E-state index in [1.807, 2.05) is 13.0 Å². The van der Waals surface area contributed by atoms with Crippen molar-refractivity contribution in [3.05, 3.63) is 18.0 Å². The Labute approximate surface area is 65.5 Å². The third-order valence-corrected chi connectivity index (χ3v) is 1.77. The normalized spacial score (nSPS) is 11.9. The Morgan fingerprint density at radius 1 is 1.45 bits per heavy atom. The lowest BCUT2D eigenvalue weighted by molar-refractivity contribution is -0.204. The number of hydrogen-bond acceptors (Lipinski definition) is 3. The fourth-order valence-corrected chi connectivity index (χ4v) is 0.812. The van der Waals surface area contributed by atoms with Crippen LogP contribution in [0.5, 0.6) is 0 Å². The second-order valence-electron chi connectivity index (χ2n) is 2.32. The van der Waals surface area contributed by atoms with Gasteiger partial charge >= 0.3 is 0 Å². The Hall–Kier alpha value is -0.870. The number of hydrogen-bond donors (Lipinski definition) is 1. The first-order valence-electron chi connectivity index (χ1n) is 3.33. The van der Waals surface area contributed by atoms with Crippen molar-refractivity contribution in [1.29, 1.82) is 0 Å². The van der Waals surface area contributed by atoms with Crippen LogP contribution in [0.2, 0.25) is 0 Å². The van der Waals surface area contributed by atoms with E-state index in [4.69, 9.17) is 9.47 Å². The summed E-state index contributed by atoms with van der Waals surface area (Å²) < 4.78 is 10.3. The van der Waals surface area contributed by atoms with Crippen LogP contribution in [0.15, 0.2) is 12.3 Å². The van der Waals surface area contributed by atoms with Crippen LogP contribution in [0.25, 0.3) is 0 Å². The molecule has 62 valence electrons. The van der Waals surface area contributed by atoms with Crippen LogP contribution in [0.4, 0.5) is 0 Å². The predicted molar refractivity (Wildman–Crippen MR) is 40.0 cm³/mol. The summed E-state index contributed by atoms with van der Waals surface area (Å²) in [5, 5.41) is 6.58. The first-order chi connectivity index (χ1) is 5.23. The molecule has 0 unspecified atom stereocenters. The van der Waals surface area contributed by atoms with E-state index in [9.17, 15) is 0 Å². The van der Waals surface area contributed by atoms with Crippen LogP contribution >= 0.6 is 0 Å². The van der Waals surface area contributed by atoms with Crippen molar-refractivity contribution in [2.45, 2.75) is 12.7 Å². The molecule has 0 radical (unpaired) electrons. The van der Waals surface area contributed by atoms with Gasteiger partial charge in [-0.1, -0.05) is 0 Å². The smallest absolute Gasteiger partial charge is 0.208 e. The van der Waals surface area contributed by atoms with Crippen LogP contribution in [0.1, 0.15) is 12.6 Å². The number of aromatic amines is 1. The van der Waals surface area contributed by atoms with E-state index in [1.165, 1.54) is 0 Å². The van der Waals surface area contributed by atoms with Crippen LogP contribution in [-0.4, -0.2) is 24.4 Å². The highest BCUT2D eigenvalue weighted by molar-refractivity contribution is 5.04. The van der Waals surface area contributed by atoms with Crippen molar-refractivity contribution in [1.82, 2.24) is 10.2 Å². The molecular weight excluding hydrogens is 144 g/mol. The van der Waals surface area contributed by atoms with Gasteiger partial charge in [-0.3, -0.25) is 5.10 Å². The maximum absolute atomic E-state index is 5.14. The number of H-pyrrole nitrogens is 1. The van der Waals surface area contributed by atoms with Gasteiger partial charge in [-0.15, -0.1) is 0 Å². The average molecular weight is 156 g/mol. The third kappa shape index (κ3) is 1.41. The lowest BCUT2D eigenvalue weighted by Crippen LogP contribution is -2.26.